The third-order valence-electron chi connectivity index (χ3n) is 6.40. The van der Waals surface area contributed by atoms with Crippen LogP contribution in [0.5, 0.6) is 0 Å². The average Bonchev–Trinajstić information content (AvgIpc) is 3.08. The quantitative estimate of drug-likeness (QED) is 0.541. The van der Waals surface area contributed by atoms with Gasteiger partial charge in [-0.2, -0.15) is 0 Å². The van der Waals surface area contributed by atoms with Crippen LogP contribution in [0.2, 0.25) is 0 Å². The van der Waals surface area contributed by atoms with E-state index in [4.69, 9.17) is 0 Å². The number of aromatic nitrogens is 2. The van der Waals surface area contributed by atoms with Gasteiger partial charge in [0.1, 0.15) is 0 Å². The van der Waals surface area contributed by atoms with Crippen LogP contribution in [0.1, 0.15) is 65.2 Å². The van der Waals surface area contributed by atoms with Crippen molar-refractivity contribution in [2.24, 2.45) is 5.92 Å². The molecule has 1 unspecified atom stereocenters. The summed E-state index contributed by atoms with van der Waals surface area (Å²) >= 11 is 0. The smallest absolute Gasteiger partial charge is 0.329 e. The fourth-order valence-electron chi connectivity index (χ4n) is 4.62. The van der Waals surface area contributed by atoms with E-state index in [-0.39, 0.29) is 29.8 Å². The van der Waals surface area contributed by atoms with Crippen molar-refractivity contribution in [2.45, 2.75) is 78.3 Å². The zero-order valence-corrected chi connectivity index (χ0v) is 19.6. The Labute approximate surface area is 190 Å². The molecule has 3 rings (SSSR count). The van der Waals surface area contributed by atoms with E-state index < -0.39 is 0 Å². The molecule has 2 heterocycles. The number of amides is 2. The Morgan fingerprint density at radius 3 is 2.41 bits per heavy atom. The first-order chi connectivity index (χ1) is 15.6. The van der Waals surface area contributed by atoms with Crippen molar-refractivity contribution in [3.63, 3.8) is 0 Å². The van der Waals surface area contributed by atoms with E-state index in [1.54, 1.807) is 14.0 Å². The summed E-state index contributed by atoms with van der Waals surface area (Å²) in [4.78, 5) is 40.2. The zero-order valence-electron chi connectivity index (χ0n) is 19.6. The molecule has 32 heavy (non-hydrogen) atoms. The number of nitrogens with one attached hydrogen (secondary N) is 1. The maximum Gasteiger partial charge on any atom is 0.329 e. The minimum atomic E-state index is -0.131. The molecular formula is C25H38N4O3. The summed E-state index contributed by atoms with van der Waals surface area (Å²) in [5, 5.41) is 3.05. The van der Waals surface area contributed by atoms with Gasteiger partial charge in [0.2, 0.25) is 11.8 Å². The van der Waals surface area contributed by atoms with Crippen LogP contribution in [0, 0.1) is 5.92 Å². The minimum absolute atomic E-state index is 0.0182. The summed E-state index contributed by atoms with van der Waals surface area (Å²) in [6.07, 6.45) is 7.34. The first-order valence-corrected chi connectivity index (χ1v) is 12.3. The lowest BCUT2D eigenvalue weighted by Crippen LogP contribution is -2.45. The standard InChI is InChI=1S/C25H38N4O3/c1-3-5-6-9-15-26-24(31)20-11-10-17-27(19-20)23(30)14-18-29-22-13-8-7-12-21(22)28(16-4-2)25(29)32/h7-8,12-13,20H,3-6,9-11,14-19H2,1-2H3,(H,26,31). The van der Waals surface area contributed by atoms with Gasteiger partial charge in [0.15, 0.2) is 0 Å². The highest BCUT2D eigenvalue weighted by atomic mass is 16.2. The number of rotatable bonds is 11. The second-order valence-corrected chi connectivity index (χ2v) is 8.86. The van der Waals surface area contributed by atoms with E-state index in [0.717, 1.165) is 43.1 Å². The van der Waals surface area contributed by atoms with E-state index in [1.165, 1.54) is 12.8 Å². The Balaban J connectivity index is 1.57. The first-order valence-electron chi connectivity index (χ1n) is 12.3. The van der Waals surface area contributed by atoms with Crippen molar-refractivity contribution >= 4 is 22.8 Å². The van der Waals surface area contributed by atoms with Gasteiger partial charge in [-0.15, -0.1) is 0 Å². The number of aryl methyl sites for hydroxylation is 2. The van der Waals surface area contributed by atoms with Crippen LogP contribution in [0.25, 0.3) is 11.0 Å². The lowest BCUT2D eigenvalue weighted by Gasteiger charge is -2.32. The number of unbranched alkanes of at least 4 members (excludes halogenated alkanes) is 3. The second kappa shape index (κ2) is 11.9. The third-order valence-corrected chi connectivity index (χ3v) is 6.40. The van der Waals surface area contributed by atoms with E-state index in [9.17, 15) is 14.4 Å². The molecule has 1 aromatic heterocycles. The van der Waals surface area contributed by atoms with Gasteiger partial charge in [0.05, 0.1) is 17.0 Å². The molecule has 1 atom stereocenters. The highest BCUT2D eigenvalue weighted by molar-refractivity contribution is 5.81. The van der Waals surface area contributed by atoms with Gasteiger partial charge in [0, 0.05) is 39.1 Å². The number of fused-ring (bicyclic) bond motifs is 1. The van der Waals surface area contributed by atoms with Crippen LogP contribution < -0.4 is 11.0 Å². The van der Waals surface area contributed by atoms with E-state index in [1.807, 2.05) is 24.3 Å². The van der Waals surface area contributed by atoms with Crippen LogP contribution in [0.15, 0.2) is 29.1 Å². The SMILES string of the molecule is CCCCCCNC(=O)C1CCCN(C(=O)CCn2c(=O)n(CCC)c3ccccc32)C1. The Morgan fingerprint density at radius 1 is 1.00 bits per heavy atom. The van der Waals surface area contributed by atoms with E-state index in [2.05, 4.69) is 19.2 Å². The normalized spacial score (nSPS) is 16.4. The zero-order chi connectivity index (χ0) is 22.9. The molecule has 1 fully saturated rings. The third kappa shape index (κ3) is 5.81. The molecule has 2 amide bonds. The van der Waals surface area contributed by atoms with Crippen molar-refractivity contribution in [1.29, 1.82) is 0 Å². The van der Waals surface area contributed by atoms with Gasteiger partial charge < -0.3 is 10.2 Å². The summed E-state index contributed by atoms with van der Waals surface area (Å²) in [5.74, 6) is -0.0458. The average molecular weight is 443 g/mol. The van der Waals surface area contributed by atoms with Crippen molar-refractivity contribution in [2.75, 3.05) is 19.6 Å². The molecule has 0 saturated carbocycles. The molecule has 2 aromatic rings. The molecule has 0 radical (unpaired) electrons. The molecule has 0 spiro atoms. The molecule has 1 aromatic carbocycles. The molecule has 7 heteroatoms. The number of hydrogen-bond donors (Lipinski definition) is 1. The maximum absolute atomic E-state index is 12.9. The number of piperidine rings is 1. The summed E-state index contributed by atoms with van der Waals surface area (Å²) in [6.45, 7) is 7.13. The Morgan fingerprint density at radius 2 is 1.72 bits per heavy atom. The molecular weight excluding hydrogens is 404 g/mol. The molecule has 0 bridgehead atoms. The number of benzene rings is 1. The van der Waals surface area contributed by atoms with Gasteiger partial charge in [-0.25, -0.2) is 4.79 Å². The van der Waals surface area contributed by atoms with Crippen LogP contribution in [-0.2, 0) is 22.7 Å². The van der Waals surface area contributed by atoms with Gasteiger partial charge in [-0.1, -0.05) is 45.2 Å². The number of hydrogen-bond acceptors (Lipinski definition) is 3. The van der Waals surface area contributed by atoms with Gasteiger partial charge in [-0.3, -0.25) is 18.7 Å². The van der Waals surface area contributed by atoms with Crippen molar-refractivity contribution in [3.8, 4) is 0 Å². The Bertz CT molecular complexity index is 962. The first kappa shape index (κ1) is 24.1. The maximum atomic E-state index is 12.9. The Hall–Kier alpha value is -2.57. The van der Waals surface area contributed by atoms with Crippen LogP contribution in [-0.4, -0.2) is 45.5 Å². The van der Waals surface area contributed by atoms with Crippen LogP contribution in [0.4, 0.5) is 0 Å². The van der Waals surface area contributed by atoms with Crippen LogP contribution >= 0.6 is 0 Å². The predicted molar refractivity (Wildman–Crippen MR) is 128 cm³/mol. The summed E-state index contributed by atoms with van der Waals surface area (Å²) in [5.41, 5.74) is 1.73. The van der Waals surface area contributed by atoms with Gasteiger partial charge in [-0.05, 0) is 37.8 Å². The van der Waals surface area contributed by atoms with Crippen molar-refractivity contribution < 1.29 is 9.59 Å². The highest BCUT2D eigenvalue weighted by Gasteiger charge is 2.28. The highest BCUT2D eigenvalue weighted by Crippen LogP contribution is 2.19. The van der Waals surface area contributed by atoms with Crippen LogP contribution in [0.3, 0.4) is 0 Å². The summed E-state index contributed by atoms with van der Waals surface area (Å²) in [6, 6.07) is 7.76. The summed E-state index contributed by atoms with van der Waals surface area (Å²) in [7, 11) is 0. The lowest BCUT2D eigenvalue weighted by molar-refractivity contribution is -0.135. The van der Waals surface area contributed by atoms with Crippen molar-refractivity contribution in [1.82, 2.24) is 19.4 Å². The molecule has 1 saturated heterocycles. The summed E-state index contributed by atoms with van der Waals surface area (Å²) < 4.78 is 3.51. The number of para-hydroxylation sites is 2. The minimum Gasteiger partial charge on any atom is -0.356 e. The number of carbonyl (C=O) groups is 2. The van der Waals surface area contributed by atoms with Gasteiger partial charge in [0.25, 0.3) is 0 Å². The molecule has 1 aliphatic heterocycles. The number of imidazole rings is 1. The molecule has 7 nitrogen and oxygen atoms in total. The fourth-order valence-corrected chi connectivity index (χ4v) is 4.62. The second-order valence-electron chi connectivity index (χ2n) is 8.86. The molecule has 176 valence electrons. The molecule has 0 aliphatic carbocycles. The van der Waals surface area contributed by atoms with E-state index in [0.29, 0.717) is 32.7 Å². The predicted octanol–water partition coefficient (Wildman–Crippen LogP) is 3.54. The number of carbonyl (C=O) groups excluding carboxylic acids is 2. The monoisotopic (exact) mass is 442 g/mol. The molecule has 1 N–H and O–H groups in total. The largest absolute Gasteiger partial charge is 0.356 e. The van der Waals surface area contributed by atoms with Gasteiger partial charge >= 0.3 is 5.69 Å². The lowest BCUT2D eigenvalue weighted by atomic mass is 9.96. The Kier molecular flexibility index (Phi) is 8.94. The topological polar surface area (TPSA) is 76.3 Å². The number of likely N-dealkylation sites (tertiary alicyclic amines) is 1. The fraction of sp³-hybridized carbons (Fsp3) is 0.640. The van der Waals surface area contributed by atoms with Crippen molar-refractivity contribution in [3.05, 3.63) is 34.7 Å². The van der Waals surface area contributed by atoms with E-state index >= 15 is 0 Å². The molecule has 1 aliphatic rings. The number of nitrogens with zero attached hydrogens (tertiary/aromatic N) is 3.